The summed E-state index contributed by atoms with van der Waals surface area (Å²) in [6.07, 6.45) is 0. The number of nitrogens with one attached hydrogen (secondary N) is 3. The lowest BCUT2D eigenvalue weighted by atomic mass is 9.92. The summed E-state index contributed by atoms with van der Waals surface area (Å²) in [4.78, 5) is 52.8. The highest BCUT2D eigenvalue weighted by Crippen LogP contribution is 2.32. The molecule has 2 aliphatic rings. The number of nitrogens with zero attached hydrogens (tertiary/aromatic N) is 1. The Hall–Kier alpha value is -4.34. The molecule has 2 aliphatic heterocycles. The summed E-state index contributed by atoms with van der Waals surface area (Å²) in [5.74, 6) is -0.567. The lowest BCUT2D eigenvalue weighted by Crippen LogP contribution is -2.49. The van der Waals surface area contributed by atoms with Gasteiger partial charge in [-0.2, -0.15) is 0 Å². The highest BCUT2D eigenvalue weighted by atomic mass is 16.5. The van der Waals surface area contributed by atoms with Crippen LogP contribution in [-0.2, 0) is 19.9 Å². The Labute approximate surface area is 202 Å². The molecule has 5 amide bonds. The van der Waals surface area contributed by atoms with Crippen LogP contribution in [0.2, 0.25) is 0 Å². The van der Waals surface area contributed by atoms with Crippen LogP contribution in [0.5, 0.6) is 5.75 Å². The van der Waals surface area contributed by atoms with Crippen molar-refractivity contribution in [3.8, 4) is 5.75 Å². The first-order chi connectivity index (χ1) is 16.8. The Kier molecular flexibility index (Phi) is 6.46. The number of ether oxygens (including phenoxy) is 2. The van der Waals surface area contributed by atoms with Crippen molar-refractivity contribution < 1.29 is 28.7 Å². The molecule has 2 heterocycles. The van der Waals surface area contributed by atoms with E-state index in [-0.39, 0.29) is 24.4 Å². The summed E-state index contributed by atoms with van der Waals surface area (Å²) in [6.45, 7) is 3.07. The molecule has 2 atom stereocenters. The van der Waals surface area contributed by atoms with Gasteiger partial charge in [-0.05, 0) is 37.1 Å². The van der Waals surface area contributed by atoms with Gasteiger partial charge in [-0.3, -0.25) is 9.69 Å². The molecule has 2 unspecified atom stereocenters. The van der Waals surface area contributed by atoms with Gasteiger partial charge in [-0.1, -0.05) is 42.5 Å². The molecule has 1 fully saturated rings. The second-order valence-corrected chi connectivity index (χ2v) is 8.23. The molecule has 4 rings (SSSR count). The molecule has 10 nitrogen and oxygen atoms in total. The fourth-order valence-electron chi connectivity index (χ4n) is 4.20. The summed E-state index contributed by atoms with van der Waals surface area (Å²) in [5.41, 5.74) is 0.146. The molecule has 1 saturated heterocycles. The van der Waals surface area contributed by atoms with Crippen LogP contribution in [0.15, 0.2) is 65.9 Å². The third-order valence-corrected chi connectivity index (χ3v) is 6.04. The molecule has 2 aromatic rings. The first-order valence-corrected chi connectivity index (χ1v) is 11.1. The standard InChI is InChI=1S/C25H26N4O6/c1-4-35-21(30)19-18(26-23(32)27-20(19)15-10-12-17(34-3)13-11-15)14-29-22(31)25(2,28-24(29)33)16-8-6-5-7-9-16/h5-13,20H,4,14H2,1-3H3,(H,28,33)(H2,26,27,32). The minimum absolute atomic E-state index is 0.102. The molecule has 2 aromatic carbocycles. The Morgan fingerprint density at radius 3 is 2.37 bits per heavy atom. The number of imide groups is 1. The summed E-state index contributed by atoms with van der Waals surface area (Å²) < 4.78 is 10.4. The van der Waals surface area contributed by atoms with Gasteiger partial charge in [0.2, 0.25) is 0 Å². The third kappa shape index (κ3) is 4.42. The van der Waals surface area contributed by atoms with Gasteiger partial charge in [-0.25, -0.2) is 14.4 Å². The maximum atomic E-state index is 13.4. The maximum absolute atomic E-state index is 13.4. The number of esters is 1. The van der Waals surface area contributed by atoms with Crippen LogP contribution in [0.4, 0.5) is 9.59 Å². The smallest absolute Gasteiger partial charge is 0.338 e. The highest BCUT2D eigenvalue weighted by Gasteiger charge is 2.49. The van der Waals surface area contributed by atoms with Crippen LogP contribution in [0.1, 0.15) is 31.0 Å². The molecule has 0 saturated carbocycles. The van der Waals surface area contributed by atoms with Gasteiger partial charge in [0.15, 0.2) is 0 Å². The summed E-state index contributed by atoms with van der Waals surface area (Å²) in [7, 11) is 1.53. The van der Waals surface area contributed by atoms with Crippen molar-refractivity contribution in [2.24, 2.45) is 0 Å². The Bertz CT molecular complexity index is 1190. The van der Waals surface area contributed by atoms with Crippen molar-refractivity contribution in [2.45, 2.75) is 25.4 Å². The van der Waals surface area contributed by atoms with Crippen LogP contribution in [0, 0.1) is 0 Å². The van der Waals surface area contributed by atoms with E-state index in [0.717, 1.165) is 4.90 Å². The average Bonchev–Trinajstić information content (AvgIpc) is 3.08. The predicted octanol–water partition coefficient (Wildman–Crippen LogP) is 2.33. The number of carbonyl (C=O) groups is 4. The highest BCUT2D eigenvalue weighted by molar-refractivity contribution is 6.07. The number of benzene rings is 2. The van der Waals surface area contributed by atoms with Gasteiger partial charge in [0.25, 0.3) is 5.91 Å². The zero-order valence-electron chi connectivity index (χ0n) is 19.6. The zero-order valence-corrected chi connectivity index (χ0v) is 19.6. The molecule has 0 aromatic heterocycles. The molecular formula is C25H26N4O6. The monoisotopic (exact) mass is 478 g/mol. The second-order valence-electron chi connectivity index (χ2n) is 8.23. The second kappa shape index (κ2) is 9.49. The van der Waals surface area contributed by atoms with E-state index in [1.165, 1.54) is 7.11 Å². The van der Waals surface area contributed by atoms with Crippen molar-refractivity contribution >= 4 is 23.9 Å². The van der Waals surface area contributed by atoms with E-state index < -0.39 is 35.5 Å². The number of hydrogen-bond donors (Lipinski definition) is 3. The largest absolute Gasteiger partial charge is 0.497 e. The van der Waals surface area contributed by atoms with E-state index in [0.29, 0.717) is 16.9 Å². The maximum Gasteiger partial charge on any atom is 0.338 e. The summed E-state index contributed by atoms with van der Waals surface area (Å²) in [5, 5.41) is 8.05. The Balaban J connectivity index is 1.73. The molecule has 35 heavy (non-hydrogen) atoms. The average molecular weight is 479 g/mol. The fraction of sp³-hybridized carbons (Fsp3) is 0.280. The van der Waals surface area contributed by atoms with Gasteiger partial charge >= 0.3 is 18.0 Å². The van der Waals surface area contributed by atoms with E-state index in [4.69, 9.17) is 9.47 Å². The van der Waals surface area contributed by atoms with Crippen LogP contribution in [0.25, 0.3) is 0 Å². The van der Waals surface area contributed by atoms with Crippen molar-refractivity contribution in [3.05, 3.63) is 77.0 Å². The summed E-state index contributed by atoms with van der Waals surface area (Å²) in [6, 6.07) is 13.6. The Morgan fingerprint density at radius 2 is 1.74 bits per heavy atom. The van der Waals surface area contributed by atoms with E-state index in [9.17, 15) is 19.2 Å². The van der Waals surface area contributed by atoms with E-state index in [1.807, 2.05) is 6.07 Å². The topological polar surface area (TPSA) is 126 Å². The Morgan fingerprint density at radius 1 is 1.06 bits per heavy atom. The normalized spacial score (nSPS) is 21.9. The lowest BCUT2D eigenvalue weighted by molar-refractivity contribution is -0.139. The van der Waals surface area contributed by atoms with Gasteiger partial charge in [0.1, 0.15) is 11.3 Å². The van der Waals surface area contributed by atoms with Crippen molar-refractivity contribution in [1.82, 2.24) is 20.9 Å². The number of carbonyl (C=O) groups excluding carboxylic acids is 4. The minimum Gasteiger partial charge on any atom is -0.497 e. The van der Waals surface area contributed by atoms with Crippen LogP contribution < -0.4 is 20.7 Å². The third-order valence-electron chi connectivity index (χ3n) is 6.04. The molecule has 0 radical (unpaired) electrons. The van der Waals surface area contributed by atoms with Crippen LogP contribution >= 0.6 is 0 Å². The number of urea groups is 2. The SMILES string of the molecule is CCOC(=O)C1=C(CN2C(=O)NC(C)(c3ccccc3)C2=O)NC(=O)NC1c1ccc(OC)cc1. The molecule has 10 heteroatoms. The number of methoxy groups -OCH3 is 1. The number of hydrogen-bond acceptors (Lipinski definition) is 6. The molecule has 0 spiro atoms. The van der Waals surface area contributed by atoms with Gasteiger partial charge in [-0.15, -0.1) is 0 Å². The molecule has 182 valence electrons. The van der Waals surface area contributed by atoms with Crippen molar-refractivity contribution in [1.29, 1.82) is 0 Å². The predicted molar refractivity (Wildman–Crippen MR) is 125 cm³/mol. The number of amides is 5. The first kappa shape index (κ1) is 23.8. The van der Waals surface area contributed by atoms with Crippen LogP contribution in [-0.4, -0.2) is 49.1 Å². The van der Waals surface area contributed by atoms with E-state index in [2.05, 4.69) is 16.0 Å². The molecule has 0 bridgehead atoms. The number of rotatable bonds is 7. The lowest BCUT2D eigenvalue weighted by Gasteiger charge is -2.30. The van der Waals surface area contributed by atoms with E-state index >= 15 is 0 Å². The van der Waals surface area contributed by atoms with Gasteiger partial charge < -0.3 is 25.4 Å². The van der Waals surface area contributed by atoms with Crippen molar-refractivity contribution in [3.63, 3.8) is 0 Å². The minimum atomic E-state index is -1.28. The first-order valence-electron chi connectivity index (χ1n) is 11.1. The molecule has 0 aliphatic carbocycles. The van der Waals surface area contributed by atoms with Crippen LogP contribution in [0.3, 0.4) is 0 Å². The summed E-state index contributed by atoms with van der Waals surface area (Å²) >= 11 is 0. The van der Waals surface area contributed by atoms with E-state index in [1.54, 1.807) is 62.4 Å². The zero-order chi connectivity index (χ0) is 25.2. The fourth-order valence-corrected chi connectivity index (χ4v) is 4.20. The quantitative estimate of drug-likeness (QED) is 0.414. The van der Waals surface area contributed by atoms with Gasteiger partial charge in [0, 0.05) is 0 Å². The van der Waals surface area contributed by atoms with Gasteiger partial charge in [0.05, 0.1) is 37.6 Å². The van der Waals surface area contributed by atoms with Crippen molar-refractivity contribution in [2.75, 3.05) is 20.3 Å². The molecular weight excluding hydrogens is 452 g/mol. The molecule has 3 N–H and O–H groups in total.